The van der Waals surface area contributed by atoms with Gasteiger partial charge < -0.3 is 15.4 Å². The Morgan fingerprint density at radius 1 is 1.14 bits per heavy atom. The van der Waals surface area contributed by atoms with Crippen LogP contribution in [0.5, 0.6) is 5.75 Å². The maximum Gasteiger partial charge on any atom is 0.122 e. The van der Waals surface area contributed by atoms with E-state index in [9.17, 15) is 0 Å². The number of nitrogens with two attached hydrogens (primary N) is 1. The van der Waals surface area contributed by atoms with Crippen LogP contribution >= 0.6 is 0 Å². The molecule has 0 saturated carbocycles. The van der Waals surface area contributed by atoms with Crippen LogP contribution in [0.4, 0.5) is 5.69 Å². The molecular formula is C18H22N2O. The molecular weight excluding hydrogens is 260 g/mol. The molecule has 3 heteroatoms. The Morgan fingerprint density at radius 2 is 1.90 bits per heavy atom. The molecule has 1 unspecified atom stereocenters. The summed E-state index contributed by atoms with van der Waals surface area (Å²) in [4.78, 5) is 2.31. The van der Waals surface area contributed by atoms with E-state index in [0.717, 1.165) is 25.3 Å². The van der Waals surface area contributed by atoms with Crippen LogP contribution < -0.4 is 15.4 Å². The van der Waals surface area contributed by atoms with E-state index in [2.05, 4.69) is 54.4 Å². The highest BCUT2D eigenvalue weighted by Gasteiger charge is 2.22. The lowest BCUT2D eigenvalue weighted by molar-refractivity contribution is 0.268. The summed E-state index contributed by atoms with van der Waals surface area (Å²) < 4.78 is 5.74. The normalized spacial score (nSPS) is 17.0. The third-order valence-electron chi connectivity index (χ3n) is 4.19. The highest BCUT2D eigenvalue weighted by atomic mass is 16.5. The predicted octanol–water partition coefficient (Wildman–Crippen LogP) is 3.15. The van der Waals surface area contributed by atoms with Crippen molar-refractivity contribution in [2.45, 2.75) is 18.9 Å². The molecule has 0 radical (unpaired) electrons. The second kappa shape index (κ2) is 6.19. The Hall–Kier alpha value is -2.00. The average Bonchev–Trinajstić information content (AvgIpc) is 2.55. The van der Waals surface area contributed by atoms with Gasteiger partial charge in [0, 0.05) is 31.7 Å². The van der Waals surface area contributed by atoms with Crippen molar-refractivity contribution in [2.24, 2.45) is 5.73 Å². The van der Waals surface area contributed by atoms with Gasteiger partial charge in [0.2, 0.25) is 0 Å². The quantitative estimate of drug-likeness (QED) is 0.936. The minimum absolute atomic E-state index is 0.522. The van der Waals surface area contributed by atoms with Crippen LogP contribution in [-0.2, 0) is 6.54 Å². The van der Waals surface area contributed by atoms with Gasteiger partial charge in [-0.15, -0.1) is 0 Å². The van der Waals surface area contributed by atoms with Crippen LogP contribution in [0.1, 0.15) is 23.5 Å². The summed E-state index contributed by atoms with van der Waals surface area (Å²) in [6.07, 6.45) is 1.07. The van der Waals surface area contributed by atoms with Crippen molar-refractivity contribution in [2.75, 3.05) is 25.1 Å². The van der Waals surface area contributed by atoms with Crippen molar-refractivity contribution in [1.29, 1.82) is 0 Å². The highest BCUT2D eigenvalue weighted by Crippen LogP contribution is 2.34. The van der Waals surface area contributed by atoms with E-state index in [1.807, 2.05) is 6.07 Å². The first-order chi connectivity index (χ1) is 10.3. The fraction of sp³-hybridized carbons (Fsp3) is 0.333. The molecule has 1 heterocycles. The Bertz CT molecular complexity index is 594. The molecule has 1 atom stereocenters. The second-order valence-corrected chi connectivity index (χ2v) is 5.62. The Labute approximate surface area is 126 Å². The van der Waals surface area contributed by atoms with Gasteiger partial charge >= 0.3 is 0 Å². The van der Waals surface area contributed by atoms with Crippen LogP contribution in [0, 0.1) is 0 Å². The molecule has 1 aliphatic rings. The third kappa shape index (κ3) is 3.03. The summed E-state index contributed by atoms with van der Waals surface area (Å²) in [5, 5.41) is 0. The minimum atomic E-state index is 0.522. The van der Waals surface area contributed by atoms with E-state index in [1.54, 1.807) is 0 Å². The molecule has 110 valence electrons. The lowest BCUT2D eigenvalue weighted by atomic mass is 9.92. The number of anilines is 1. The van der Waals surface area contributed by atoms with E-state index >= 15 is 0 Å². The van der Waals surface area contributed by atoms with Gasteiger partial charge in [0.05, 0.1) is 6.61 Å². The minimum Gasteiger partial charge on any atom is -0.493 e. The van der Waals surface area contributed by atoms with E-state index in [-0.39, 0.29) is 0 Å². The zero-order valence-electron chi connectivity index (χ0n) is 12.5. The number of benzene rings is 2. The molecule has 2 aromatic carbocycles. The van der Waals surface area contributed by atoms with Crippen LogP contribution in [-0.4, -0.2) is 20.2 Å². The van der Waals surface area contributed by atoms with E-state index in [0.29, 0.717) is 12.5 Å². The average molecular weight is 282 g/mol. The lowest BCUT2D eigenvalue weighted by Crippen LogP contribution is -2.27. The van der Waals surface area contributed by atoms with Crippen LogP contribution in [0.15, 0.2) is 48.5 Å². The summed E-state index contributed by atoms with van der Waals surface area (Å²) in [6.45, 7) is 2.40. The van der Waals surface area contributed by atoms with Crippen molar-refractivity contribution < 1.29 is 4.74 Å². The topological polar surface area (TPSA) is 38.5 Å². The maximum absolute atomic E-state index is 5.74. The molecule has 21 heavy (non-hydrogen) atoms. The third-order valence-corrected chi connectivity index (χ3v) is 4.19. The Kier molecular flexibility index (Phi) is 4.11. The van der Waals surface area contributed by atoms with Crippen molar-refractivity contribution in [3.63, 3.8) is 0 Å². The molecule has 3 rings (SSSR count). The summed E-state index contributed by atoms with van der Waals surface area (Å²) in [7, 11) is 2.15. The van der Waals surface area contributed by atoms with E-state index in [1.165, 1.54) is 16.8 Å². The smallest absolute Gasteiger partial charge is 0.122 e. The van der Waals surface area contributed by atoms with E-state index in [4.69, 9.17) is 10.5 Å². The van der Waals surface area contributed by atoms with Gasteiger partial charge in [0.25, 0.3) is 0 Å². The fourth-order valence-corrected chi connectivity index (χ4v) is 2.93. The molecule has 0 aliphatic carbocycles. The van der Waals surface area contributed by atoms with Crippen LogP contribution in [0.25, 0.3) is 0 Å². The molecule has 1 aliphatic heterocycles. The molecule has 2 N–H and O–H groups in total. The SMILES string of the molecule is CN(CC1CCOc2ccccc21)c1ccc(CN)cc1. The van der Waals surface area contributed by atoms with Gasteiger partial charge in [-0.25, -0.2) is 0 Å². The lowest BCUT2D eigenvalue weighted by Gasteiger charge is -2.30. The zero-order chi connectivity index (χ0) is 14.7. The van der Waals surface area contributed by atoms with Gasteiger partial charge in [0.15, 0.2) is 0 Å². The monoisotopic (exact) mass is 282 g/mol. The fourth-order valence-electron chi connectivity index (χ4n) is 2.93. The van der Waals surface area contributed by atoms with Gasteiger partial charge in [-0.05, 0) is 35.7 Å². The standard InChI is InChI=1S/C18H22N2O/c1-20(16-8-6-14(12-19)7-9-16)13-15-10-11-21-18-5-3-2-4-17(15)18/h2-9,15H,10-13,19H2,1H3. The Balaban J connectivity index is 1.74. The molecule has 0 aromatic heterocycles. The van der Waals surface area contributed by atoms with Crippen molar-refractivity contribution in [3.05, 3.63) is 59.7 Å². The van der Waals surface area contributed by atoms with Crippen molar-refractivity contribution in [3.8, 4) is 5.75 Å². The summed E-state index contributed by atoms with van der Waals surface area (Å²) in [6, 6.07) is 16.9. The van der Waals surface area contributed by atoms with Gasteiger partial charge in [-0.2, -0.15) is 0 Å². The number of likely N-dealkylation sites (N-methyl/N-ethyl adjacent to an activating group) is 1. The number of para-hydroxylation sites is 1. The van der Waals surface area contributed by atoms with Gasteiger partial charge in [-0.3, -0.25) is 0 Å². The number of fused-ring (bicyclic) bond motifs is 1. The summed E-state index contributed by atoms with van der Waals surface area (Å²) in [5.74, 6) is 1.56. The highest BCUT2D eigenvalue weighted by molar-refractivity contribution is 5.48. The summed E-state index contributed by atoms with van der Waals surface area (Å²) in [5.41, 5.74) is 9.38. The number of nitrogens with zero attached hydrogens (tertiary/aromatic N) is 1. The van der Waals surface area contributed by atoms with Crippen molar-refractivity contribution in [1.82, 2.24) is 0 Å². The first-order valence-electron chi connectivity index (χ1n) is 7.50. The molecule has 0 amide bonds. The first-order valence-corrected chi connectivity index (χ1v) is 7.50. The number of rotatable bonds is 4. The van der Waals surface area contributed by atoms with Gasteiger partial charge in [-0.1, -0.05) is 30.3 Å². The molecule has 0 bridgehead atoms. The number of hydrogen-bond donors (Lipinski definition) is 1. The molecule has 0 fully saturated rings. The number of ether oxygens (including phenoxy) is 1. The largest absolute Gasteiger partial charge is 0.493 e. The van der Waals surface area contributed by atoms with E-state index < -0.39 is 0 Å². The van der Waals surface area contributed by atoms with Crippen LogP contribution in [0.3, 0.4) is 0 Å². The molecule has 2 aromatic rings. The molecule has 0 saturated heterocycles. The summed E-state index contributed by atoms with van der Waals surface area (Å²) >= 11 is 0. The predicted molar refractivity (Wildman–Crippen MR) is 86.9 cm³/mol. The molecule has 3 nitrogen and oxygen atoms in total. The van der Waals surface area contributed by atoms with Crippen LogP contribution in [0.2, 0.25) is 0 Å². The number of hydrogen-bond acceptors (Lipinski definition) is 3. The molecule has 0 spiro atoms. The maximum atomic E-state index is 5.74. The van der Waals surface area contributed by atoms with Gasteiger partial charge in [0.1, 0.15) is 5.75 Å². The van der Waals surface area contributed by atoms with Crippen molar-refractivity contribution >= 4 is 5.69 Å². The second-order valence-electron chi connectivity index (χ2n) is 5.62. The Morgan fingerprint density at radius 3 is 2.67 bits per heavy atom. The zero-order valence-corrected chi connectivity index (χ0v) is 12.5. The first kappa shape index (κ1) is 14.0.